The summed E-state index contributed by atoms with van der Waals surface area (Å²) in [6, 6.07) is 15.4. The predicted octanol–water partition coefficient (Wildman–Crippen LogP) is 3.16. The molecule has 5 heteroatoms. The van der Waals surface area contributed by atoms with Crippen LogP contribution in [-0.4, -0.2) is 9.97 Å². The molecule has 0 amide bonds. The molecule has 0 saturated carbocycles. The van der Waals surface area contributed by atoms with Gasteiger partial charge in [-0.05, 0) is 35.1 Å². The molecule has 0 unspecified atom stereocenters. The molecule has 0 spiro atoms. The van der Waals surface area contributed by atoms with Crippen molar-refractivity contribution in [2.45, 2.75) is 6.61 Å². The van der Waals surface area contributed by atoms with Crippen molar-refractivity contribution >= 4 is 23.0 Å². The molecule has 3 aromatic rings. The lowest BCUT2D eigenvalue weighted by Crippen LogP contribution is -2.10. The first-order valence-electron chi connectivity index (χ1n) is 6.15. The third-order valence-corrected chi connectivity index (χ3v) is 3.14. The lowest BCUT2D eigenvalue weighted by atomic mass is 10.1. The molecule has 4 nitrogen and oxygen atoms in total. The molecule has 0 atom stereocenters. The minimum Gasteiger partial charge on any atom is -0.487 e. The van der Waals surface area contributed by atoms with Crippen molar-refractivity contribution in [3.63, 3.8) is 0 Å². The average Bonchev–Trinajstić information content (AvgIpc) is 2.44. The minimum atomic E-state index is -0.231. The van der Waals surface area contributed by atoms with Gasteiger partial charge in [0.25, 0.3) is 5.56 Å². The first-order valence-corrected chi connectivity index (χ1v) is 6.56. The van der Waals surface area contributed by atoms with E-state index < -0.39 is 0 Å². The molecule has 20 heavy (non-hydrogen) atoms. The van der Waals surface area contributed by atoms with Gasteiger partial charge in [-0.1, -0.05) is 30.3 Å². The van der Waals surface area contributed by atoms with Crippen molar-refractivity contribution in [1.82, 2.24) is 9.97 Å². The SMILES string of the molecule is O=c1cc(COc2ccc3ccccc3c2)[nH]c(=S)[nH]1. The van der Waals surface area contributed by atoms with Gasteiger partial charge < -0.3 is 9.72 Å². The first kappa shape index (κ1) is 12.6. The smallest absolute Gasteiger partial charge is 0.251 e. The second kappa shape index (κ2) is 5.30. The number of aromatic amines is 2. The summed E-state index contributed by atoms with van der Waals surface area (Å²) in [7, 11) is 0. The lowest BCUT2D eigenvalue weighted by Gasteiger charge is -2.07. The van der Waals surface area contributed by atoms with Gasteiger partial charge in [-0.2, -0.15) is 0 Å². The van der Waals surface area contributed by atoms with Crippen LogP contribution in [-0.2, 0) is 6.61 Å². The van der Waals surface area contributed by atoms with Crippen molar-refractivity contribution in [1.29, 1.82) is 0 Å². The van der Waals surface area contributed by atoms with E-state index in [2.05, 4.69) is 9.97 Å². The summed E-state index contributed by atoms with van der Waals surface area (Å²) in [5.41, 5.74) is 0.415. The average molecular weight is 284 g/mol. The lowest BCUT2D eigenvalue weighted by molar-refractivity contribution is 0.301. The van der Waals surface area contributed by atoms with Gasteiger partial charge in [-0.25, -0.2) is 0 Å². The summed E-state index contributed by atoms with van der Waals surface area (Å²) < 4.78 is 5.98. The zero-order valence-electron chi connectivity index (χ0n) is 10.6. The molecule has 2 N–H and O–H groups in total. The Labute approximate surface area is 120 Å². The van der Waals surface area contributed by atoms with Crippen LogP contribution in [0.15, 0.2) is 53.3 Å². The van der Waals surface area contributed by atoms with Crippen molar-refractivity contribution in [3.05, 3.63) is 69.3 Å². The van der Waals surface area contributed by atoms with E-state index in [1.54, 1.807) is 0 Å². The summed E-state index contributed by atoms with van der Waals surface area (Å²) in [4.78, 5) is 16.7. The number of hydrogen-bond donors (Lipinski definition) is 2. The molecule has 2 aromatic carbocycles. The second-order valence-corrected chi connectivity index (χ2v) is 4.82. The molecular formula is C15H12N2O2S. The van der Waals surface area contributed by atoms with Crippen LogP contribution >= 0.6 is 12.2 Å². The maximum atomic E-state index is 11.3. The molecule has 0 aliphatic carbocycles. The third-order valence-electron chi connectivity index (χ3n) is 2.93. The zero-order valence-corrected chi connectivity index (χ0v) is 11.4. The van der Waals surface area contributed by atoms with Gasteiger partial charge in [0.2, 0.25) is 0 Å². The minimum absolute atomic E-state index is 0.231. The van der Waals surface area contributed by atoms with Crippen molar-refractivity contribution in [2.24, 2.45) is 0 Å². The van der Waals surface area contributed by atoms with Gasteiger partial charge in [0, 0.05) is 6.07 Å². The van der Waals surface area contributed by atoms with E-state index in [4.69, 9.17) is 17.0 Å². The maximum absolute atomic E-state index is 11.3. The molecule has 0 fully saturated rings. The summed E-state index contributed by atoms with van der Waals surface area (Å²) in [5.74, 6) is 0.753. The van der Waals surface area contributed by atoms with Crippen LogP contribution in [0.4, 0.5) is 0 Å². The molecule has 0 bridgehead atoms. The Hall–Kier alpha value is -2.40. The van der Waals surface area contributed by atoms with E-state index in [0.29, 0.717) is 10.5 Å². The number of nitrogens with one attached hydrogen (secondary N) is 2. The van der Waals surface area contributed by atoms with Crippen LogP contribution < -0.4 is 10.3 Å². The largest absolute Gasteiger partial charge is 0.487 e. The highest BCUT2D eigenvalue weighted by atomic mass is 32.1. The Morgan fingerprint density at radius 3 is 2.60 bits per heavy atom. The molecule has 3 rings (SSSR count). The highest BCUT2D eigenvalue weighted by Gasteiger charge is 1.99. The monoisotopic (exact) mass is 284 g/mol. The first-order chi connectivity index (χ1) is 9.70. The quantitative estimate of drug-likeness (QED) is 0.726. The Morgan fingerprint density at radius 1 is 1.00 bits per heavy atom. The number of ether oxygens (including phenoxy) is 1. The molecule has 0 saturated heterocycles. The molecule has 1 aromatic heterocycles. The molecule has 0 aliphatic rings. The summed E-state index contributed by atoms with van der Waals surface area (Å²) >= 11 is 4.91. The topological polar surface area (TPSA) is 57.9 Å². The zero-order chi connectivity index (χ0) is 13.9. The fourth-order valence-corrected chi connectivity index (χ4v) is 2.25. The number of aromatic nitrogens is 2. The van der Waals surface area contributed by atoms with E-state index in [1.165, 1.54) is 6.07 Å². The Morgan fingerprint density at radius 2 is 1.80 bits per heavy atom. The van der Waals surface area contributed by atoms with Crippen LogP contribution in [0, 0.1) is 4.77 Å². The highest BCUT2D eigenvalue weighted by molar-refractivity contribution is 7.71. The van der Waals surface area contributed by atoms with E-state index in [1.807, 2.05) is 42.5 Å². The summed E-state index contributed by atoms with van der Waals surface area (Å²) in [6.45, 7) is 0.270. The van der Waals surface area contributed by atoms with Gasteiger partial charge in [-0.15, -0.1) is 0 Å². The number of benzene rings is 2. The number of fused-ring (bicyclic) bond motifs is 1. The van der Waals surface area contributed by atoms with Crippen molar-refractivity contribution < 1.29 is 4.74 Å². The fourth-order valence-electron chi connectivity index (χ4n) is 2.02. The Bertz CT molecular complexity index is 839. The molecule has 100 valence electrons. The number of H-pyrrole nitrogens is 2. The van der Waals surface area contributed by atoms with E-state index in [9.17, 15) is 4.79 Å². The highest BCUT2D eigenvalue weighted by Crippen LogP contribution is 2.21. The van der Waals surface area contributed by atoms with Gasteiger partial charge in [-0.3, -0.25) is 9.78 Å². The van der Waals surface area contributed by atoms with Crippen molar-refractivity contribution in [3.8, 4) is 5.75 Å². The second-order valence-electron chi connectivity index (χ2n) is 4.41. The molecule has 0 radical (unpaired) electrons. The molecule has 1 heterocycles. The van der Waals surface area contributed by atoms with Crippen LogP contribution in [0.1, 0.15) is 5.69 Å². The fraction of sp³-hybridized carbons (Fsp3) is 0.0667. The van der Waals surface area contributed by atoms with Crippen LogP contribution in [0.5, 0.6) is 5.75 Å². The van der Waals surface area contributed by atoms with Gasteiger partial charge >= 0.3 is 0 Å². The summed E-state index contributed by atoms with van der Waals surface area (Å²) in [5, 5.41) is 2.28. The van der Waals surface area contributed by atoms with E-state index >= 15 is 0 Å². The predicted molar refractivity (Wildman–Crippen MR) is 80.5 cm³/mol. The van der Waals surface area contributed by atoms with E-state index in [-0.39, 0.29) is 12.2 Å². The van der Waals surface area contributed by atoms with Crippen LogP contribution in [0.2, 0.25) is 0 Å². The van der Waals surface area contributed by atoms with Gasteiger partial charge in [0.1, 0.15) is 12.4 Å². The molecular weight excluding hydrogens is 272 g/mol. The van der Waals surface area contributed by atoms with Crippen LogP contribution in [0.25, 0.3) is 10.8 Å². The molecule has 0 aliphatic heterocycles. The summed E-state index contributed by atoms with van der Waals surface area (Å²) in [6.07, 6.45) is 0. The third kappa shape index (κ3) is 2.78. The number of hydrogen-bond acceptors (Lipinski definition) is 3. The maximum Gasteiger partial charge on any atom is 0.251 e. The van der Waals surface area contributed by atoms with E-state index in [0.717, 1.165) is 16.5 Å². The Balaban J connectivity index is 1.82. The van der Waals surface area contributed by atoms with Crippen LogP contribution in [0.3, 0.4) is 0 Å². The van der Waals surface area contributed by atoms with Crippen molar-refractivity contribution in [2.75, 3.05) is 0 Å². The normalized spacial score (nSPS) is 10.6. The van der Waals surface area contributed by atoms with Gasteiger partial charge in [0.15, 0.2) is 4.77 Å². The van der Waals surface area contributed by atoms with Gasteiger partial charge in [0.05, 0.1) is 5.69 Å². The standard InChI is InChI=1S/C15H12N2O2S/c18-14-8-12(16-15(20)17-14)9-19-13-6-5-10-3-1-2-4-11(10)7-13/h1-8H,9H2,(H2,16,17,18,20). The Kier molecular flexibility index (Phi) is 3.35. The number of rotatable bonds is 3.